The predicted octanol–water partition coefficient (Wildman–Crippen LogP) is 5.30. The van der Waals surface area contributed by atoms with E-state index in [0.29, 0.717) is 48.3 Å². The second kappa shape index (κ2) is 8.62. The lowest BCUT2D eigenvalue weighted by molar-refractivity contribution is -0.137. The van der Waals surface area contributed by atoms with E-state index < -0.39 is 23.4 Å². The monoisotopic (exact) mass is 452 g/mol. The van der Waals surface area contributed by atoms with Crippen molar-refractivity contribution in [1.29, 1.82) is 0 Å². The summed E-state index contributed by atoms with van der Waals surface area (Å²) in [6, 6.07) is 8.73. The summed E-state index contributed by atoms with van der Waals surface area (Å²) in [5.74, 6) is -1.53. The lowest BCUT2D eigenvalue weighted by atomic mass is 10.1. The van der Waals surface area contributed by atoms with Crippen LogP contribution in [-0.2, 0) is 6.18 Å². The van der Waals surface area contributed by atoms with Crippen molar-refractivity contribution in [2.45, 2.75) is 6.18 Å². The van der Waals surface area contributed by atoms with Gasteiger partial charge in [0.2, 0.25) is 5.13 Å². The average Bonchev–Trinajstić information content (AvgIpc) is 3.24. The number of halogens is 5. The van der Waals surface area contributed by atoms with E-state index >= 15 is 0 Å². The molecule has 10 heteroatoms. The highest BCUT2D eigenvalue weighted by molar-refractivity contribution is 7.09. The van der Waals surface area contributed by atoms with Gasteiger partial charge in [0.1, 0.15) is 0 Å². The van der Waals surface area contributed by atoms with Gasteiger partial charge in [0, 0.05) is 43.3 Å². The maximum atomic E-state index is 13.4. The second-order valence-corrected chi connectivity index (χ2v) is 7.72. The van der Waals surface area contributed by atoms with Crippen LogP contribution in [0, 0.1) is 11.6 Å². The molecule has 3 aromatic rings. The van der Waals surface area contributed by atoms with Crippen molar-refractivity contribution in [3.8, 4) is 11.4 Å². The summed E-state index contributed by atoms with van der Waals surface area (Å²) in [5, 5.41) is 0.682. The summed E-state index contributed by atoms with van der Waals surface area (Å²) >= 11 is 1.18. The van der Waals surface area contributed by atoms with Crippen LogP contribution < -0.4 is 4.90 Å². The van der Waals surface area contributed by atoms with E-state index in [2.05, 4.69) is 9.36 Å². The van der Waals surface area contributed by atoms with E-state index in [1.54, 1.807) is 18.3 Å². The van der Waals surface area contributed by atoms with E-state index in [0.717, 1.165) is 24.3 Å². The fourth-order valence-corrected chi connectivity index (χ4v) is 3.91. The number of hydrogen-bond acceptors (Lipinski definition) is 5. The first-order valence-corrected chi connectivity index (χ1v) is 10.2. The van der Waals surface area contributed by atoms with Gasteiger partial charge in [0.25, 0.3) is 0 Å². The third-order valence-electron chi connectivity index (χ3n) is 4.87. The smallest absolute Gasteiger partial charge is 0.374 e. The summed E-state index contributed by atoms with van der Waals surface area (Å²) < 4.78 is 69.3. The molecule has 1 aliphatic rings. The molecule has 31 heavy (non-hydrogen) atoms. The summed E-state index contributed by atoms with van der Waals surface area (Å²) in [4.78, 5) is 8.49. The highest BCUT2D eigenvalue weighted by Gasteiger charge is 2.30. The molecule has 0 radical (unpaired) electrons. The summed E-state index contributed by atoms with van der Waals surface area (Å²) in [6.45, 7) is 2.63. The zero-order valence-corrected chi connectivity index (χ0v) is 16.9. The standard InChI is InChI=1S/C21H17F5N4S/c22-17-5-4-15(13-18(17)23)19-27-20(31-28-19)30-10-8-29(9-11-30)7-6-14-2-1-3-16(12-14)21(24,25)26/h1-7,12-13H,8-11H2. The minimum atomic E-state index is -4.37. The molecule has 2 heterocycles. The van der Waals surface area contributed by atoms with Crippen molar-refractivity contribution >= 4 is 22.7 Å². The zero-order valence-electron chi connectivity index (χ0n) is 16.1. The fraction of sp³-hybridized carbons (Fsp3) is 0.238. The Labute approximate surface area is 179 Å². The molecular formula is C21H17F5N4S. The van der Waals surface area contributed by atoms with Crippen molar-refractivity contribution < 1.29 is 22.0 Å². The molecule has 0 N–H and O–H groups in total. The van der Waals surface area contributed by atoms with Crippen LogP contribution in [0.4, 0.5) is 27.1 Å². The topological polar surface area (TPSA) is 32.3 Å². The molecule has 1 saturated heterocycles. The van der Waals surface area contributed by atoms with Gasteiger partial charge < -0.3 is 9.80 Å². The van der Waals surface area contributed by atoms with Gasteiger partial charge in [-0.2, -0.15) is 22.5 Å². The lowest BCUT2D eigenvalue weighted by Crippen LogP contribution is -2.44. The van der Waals surface area contributed by atoms with Gasteiger partial charge in [-0.25, -0.2) is 8.78 Å². The average molecular weight is 452 g/mol. The Bertz CT molecular complexity index is 1090. The number of rotatable bonds is 4. The van der Waals surface area contributed by atoms with Crippen LogP contribution >= 0.6 is 11.5 Å². The van der Waals surface area contributed by atoms with Crippen molar-refractivity contribution in [3.05, 3.63) is 71.4 Å². The lowest BCUT2D eigenvalue weighted by Gasteiger charge is -2.33. The molecule has 4 rings (SSSR count). The van der Waals surface area contributed by atoms with Crippen molar-refractivity contribution in [3.63, 3.8) is 0 Å². The van der Waals surface area contributed by atoms with Crippen LogP contribution in [-0.4, -0.2) is 40.4 Å². The molecule has 162 valence electrons. The third-order valence-corrected chi connectivity index (χ3v) is 5.65. The number of alkyl halides is 3. The van der Waals surface area contributed by atoms with E-state index in [-0.39, 0.29) is 0 Å². The molecule has 0 unspecified atom stereocenters. The van der Waals surface area contributed by atoms with Gasteiger partial charge in [-0.3, -0.25) is 0 Å². The maximum Gasteiger partial charge on any atom is 0.416 e. The summed E-state index contributed by atoms with van der Waals surface area (Å²) in [7, 11) is 0. The zero-order chi connectivity index (χ0) is 22.0. The second-order valence-electron chi connectivity index (χ2n) is 6.99. The summed E-state index contributed by atoms with van der Waals surface area (Å²) in [5.41, 5.74) is 0.217. The van der Waals surface area contributed by atoms with E-state index in [1.807, 2.05) is 9.80 Å². The molecule has 0 aliphatic carbocycles. The SMILES string of the molecule is Fc1ccc(-c2nsc(N3CCN(C=Cc4cccc(C(F)(F)F)c4)CC3)n2)cc1F. The largest absolute Gasteiger partial charge is 0.416 e. The van der Waals surface area contributed by atoms with Crippen LogP contribution in [0.1, 0.15) is 11.1 Å². The molecule has 4 nitrogen and oxygen atoms in total. The molecule has 0 spiro atoms. The maximum absolute atomic E-state index is 13.4. The van der Waals surface area contributed by atoms with Crippen molar-refractivity contribution in [1.82, 2.24) is 14.3 Å². The Morgan fingerprint density at radius 3 is 2.42 bits per heavy atom. The highest BCUT2D eigenvalue weighted by Crippen LogP contribution is 2.30. The summed E-state index contributed by atoms with van der Waals surface area (Å²) in [6.07, 6.45) is -0.910. The molecule has 1 fully saturated rings. The first-order valence-electron chi connectivity index (χ1n) is 9.43. The number of hydrogen-bond donors (Lipinski definition) is 0. The van der Waals surface area contributed by atoms with Gasteiger partial charge in [0.15, 0.2) is 17.5 Å². The van der Waals surface area contributed by atoms with Gasteiger partial charge in [0.05, 0.1) is 5.56 Å². The van der Waals surface area contributed by atoms with E-state index in [9.17, 15) is 22.0 Å². The van der Waals surface area contributed by atoms with Gasteiger partial charge >= 0.3 is 6.18 Å². The van der Waals surface area contributed by atoms with Crippen LogP contribution in [0.25, 0.3) is 17.5 Å². The quantitative estimate of drug-likeness (QED) is 0.504. The van der Waals surface area contributed by atoms with Crippen LogP contribution in [0.15, 0.2) is 48.7 Å². The van der Waals surface area contributed by atoms with Crippen molar-refractivity contribution in [2.24, 2.45) is 0 Å². The van der Waals surface area contributed by atoms with E-state index in [4.69, 9.17) is 0 Å². The fourth-order valence-electron chi connectivity index (χ4n) is 3.17. The van der Waals surface area contributed by atoms with Gasteiger partial charge in [-0.15, -0.1) is 0 Å². The first kappa shape index (κ1) is 21.2. The minimum Gasteiger partial charge on any atom is -0.374 e. The van der Waals surface area contributed by atoms with E-state index in [1.165, 1.54) is 23.7 Å². The normalized spacial score (nSPS) is 15.1. The number of aromatic nitrogens is 2. The first-order chi connectivity index (χ1) is 14.8. The molecule has 1 aromatic heterocycles. The molecular weight excluding hydrogens is 435 g/mol. The molecule has 0 amide bonds. The van der Waals surface area contributed by atoms with Gasteiger partial charge in [-0.05, 0) is 48.2 Å². The number of nitrogens with zero attached hydrogens (tertiary/aromatic N) is 4. The Balaban J connectivity index is 1.36. The molecule has 2 aromatic carbocycles. The van der Waals surface area contributed by atoms with Crippen molar-refractivity contribution in [2.75, 3.05) is 31.1 Å². The van der Waals surface area contributed by atoms with Crippen LogP contribution in [0.2, 0.25) is 0 Å². The Morgan fingerprint density at radius 2 is 1.71 bits per heavy atom. The number of anilines is 1. The Hall–Kier alpha value is -3.01. The van der Waals surface area contributed by atoms with Crippen LogP contribution in [0.5, 0.6) is 0 Å². The highest BCUT2D eigenvalue weighted by atomic mass is 32.1. The third kappa shape index (κ3) is 5.01. The molecule has 1 aliphatic heterocycles. The molecule has 0 atom stereocenters. The number of piperazine rings is 1. The van der Waals surface area contributed by atoms with Gasteiger partial charge in [-0.1, -0.05) is 12.1 Å². The Morgan fingerprint density at radius 1 is 0.935 bits per heavy atom. The van der Waals surface area contributed by atoms with Crippen LogP contribution in [0.3, 0.4) is 0 Å². The Kier molecular flexibility index (Phi) is 5.90. The molecule has 0 saturated carbocycles. The minimum absolute atomic E-state index is 0.339. The molecule has 0 bridgehead atoms. The predicted molar refractivity (Wildman–Crippen MR) is 110 cm³/mol. The number of benzene rings is 2.